The molecule has 1 aromatic heterocycles. The van der Waals surface area contributed by atoms with Crippen molar-refractivity contribution in [1.29, 1.82) is 0 Å². The highest BCUT2D eigenvalue weighted by Crippen LogP contribution is 2.23. The summed E-state index contributed by atoms with van der Waals surface area (Å²) in [5.74, 6) is -0.240. The van der Waals surface area contributed by atoms with Crippen LogP contribution >= 0.6 is 11.6 Å². The number of para-hydroxylation sites is 1. The third-order valence-corrected chi connectivity index (χ3v) is 6.07. The fraction of sp³-hybridized carbons (Fsp3) is 0.292. The summed E-state index contributed by atoms with van der Waals surface area (Å²) in [5.41, 5.74) is 1.57. The van der Waals surface area contributed by atoms with E-state index in [0.29, 0.717) is 50.4 Å². The quantitative estimate of drug-likeness (QED) is 0.553. The Hall–Kier alpha value is -3.39. The average molecular weight is 471 g/mol. The zero-order valence-electron chi connectivity index (χ0n) is 18.2. The van der Waals surface area contributed by atoms with E-state index in [0.717, 1.165) is 5.56 Å². The van der Waals surface area contributed by atoms with Gasteiger partial charge in [0.05, 0.1) is 24.7 Å². The Bertz CT molecular complexity index is 1190. The van der Waals surface area contributed by atoms with Gasteiger partial charge in [-0.05, 0) is 36.2 Å². The molecule has 0 spiro atoms. The standard InChI is InChI=1S/C24H24ClFN4O3/c1-33-21-9-7-17(15-19(21)26)8-10-22(31)29-13-11-28(12-14-29)20-16-27-30(24(32)23(20)25)18-5-3-2-4-6-18/h2-7,9,15-16H,8,10-14H2,1H3. The number of piperazine rings is 1. The second-order valence-corrected chi connectivity index (χ2v) is 8.11. The summed E-state index contributed by atoms with van der Waals surface area (Å²) in [6.07, 6.45) is 2.33. The number of carbonyl (C=O) groups excluding carboxylic acids is 1. The van der Waals surface area contributed by atoms with Gasteiger partial charge < -0.3 is 14.5 Å². The van der Waals surface area contributed by atoms with Gasteiger partial charge in [0.2, 0.25) is 5.91 Å². The number of aryl methyl sites for hydroxylation is 1. The Labute approximate surface area is 196 Å². The number of anilines is 1. The van der Waals surface area contributed by atoms with E-state index in [2.05, 4.69) is 5.10 Å². The molecule has 4 rings (SSSR count). The van der Waals surface area contributed by atoms with Crippen LogP contribution < -0.4 is 15.2 Å². The van der Waals surface area contributed by atoms with E-state index in [1.165, 1.54) is 17.9 Å². The summed E-state index contributed by atoms with van der Waals surface area (Å²) in [4.78, 5) is 29.1. The van der Waals surface area contributed by atoms with Gasteiger partial charge in [-0.25, -0.2) is 4.39 Å². The lowest BCUT2D eigenvalue weighted by molar-refractivity contribution is -0.131. The number of rotatable bonds is 6. The van der Waals surface area contributed by atoms with Crippen LogP contribution in [0.15, 0.2) is 59.5 Å². The van der Waals surface area contributed by atoms with E-state index in [-0.39, 0.29) is 22.2 Å². The number of amides is 1. The number of methoxy groups -OCH3 is 1. The van der Waals surface area contributed by atoms with Gasteiger partial charge in [0.15, 0.2) is 11.6 Å². The lowest BCUT2D eigenvalue weighted by Crippen LogP contribution is -2.49. The van der Waals surface area contributed by atoms with Gasteiger partial charge in [-0.15, -0.1) is 0 Å². The normalized spacial score (nSPS) is 13.8. The highest BCUT2D eigenvalue weighted by molar-refractivity contribution is 6.33. The van der Waals surface area contributed by atoms with Gasteiger partial charge in [0.1, 0.15) is 5.02 Å². The molecule has 1 aliphatic rings. The van der Waals surface area contributed by atoms with E-state index < -0.39 is 5.82 Å². The number of halogens is 2. The van der Waals surface area contributed by atoms with E-state index in [1.807, 2.05) is 23.1 Å². The molecule has 0 radical (unpaired) electrons. The highest BCUT2D eigenvalue weighted by atomic mass is 35.5. The number of carbonyl (C=O) groups is 1. The molecular weight excluding hydrogens is 447 g/mol. The molecule has 9 heteroatoms. The molecule has 7 nitrogen and oxygen atoms in total. The predicted molar refractivity (Wildman–Crippen MR) is 125 cm³/mol. The fourth-order valence-electron chi connectivity index (χ4n) is 3.87. The van der Waals surface area contributed by atoms with E-state index in [4.69, 9.17) is 16.3 Å². The van der Waals surface area contributed by atoms with Crippen molar-refractivity contribution in [2.45, 2.75) is 12.8 Å². The van der Waals surface area contributed by atoms with Crippen LogP contribution in [0.25, 0.3) is 5.69 Å². The van der Waals surface area contributed by atoms with Crippen molar-refractivity contribution in [2.24, 2.45) is 0 Å². The largest absolute Gasteiger partial charge is 0.494 e. The second kappa shape index (κ2) is 10.0. The van der Waals surface area contributed by atoms with Crippen LogP contribution in [0, 0.1) is 5.82 Å². The van der Waals surface area contributed by atoms with E-state index in [9.17, 15) is 14.0 Å². The first-order valence-corrected chi connectivity index (χ1v) is 11.0. The monoisotopic (exact) mass is 470 g/mol. The van der Waals surface area contributed by atoms with Crippen molar-refractivity contribution < 1.29 is 13.9 Å². The molecule has 33 heavy (non-hydrogen) atoms. The molecule has 0 N–H and O–H groups in total. The number of nitrogens with zero attached hydrogens (tertiary/aromatic N) is 4. The number of benzene rings is 2. The Morgan fingerprint density at radius 1 is 1.12 bits per heavy atom. The molecular formula is C24H24ClFN4O3. The smallest absolute Gasteiger partial charge is 0.292 e. The summed E-state index contributed by atoms with van der Waals surface area (Å²) >= 11 is 6.40. The maximum atomic E-state index is 13.9. The maximum Gasteiger partial charge on any atom is 0.292 e. The Morgan fingerprint density at radius 3 is 2.52 bits per heavy atom. The summed E-state index contributed by atoms with van der Waals surface area (Å²) in [6.45, 7) is 2.10. The van der Waals surface area contributed by atoms with Crippen LogP contribution in [0.3, 0.4) is 0 Å². The van der Waals surface area contributed by atoms with Crippen molar-refractivity contribution in [3.8, 4) is 11.4 Å². The lowest BCUT2D eigenvalue weighted by Gasteiger charge is -2.36. The first-order chi connectivity index (χ1) is 16.0. The average Bonchev–Trinajstić information content (AvgIpc) is 2.85. The van der Waals surface area contributed by atoms with Crippen LogP contribution in [0.5, 0.6) is 5.75 Å². The highest BCUT2D eigenvalue weighted by Gasteiger charge is 2.24. The van der Waals surface area contributed by atoms with Crippen molar-refractivity contribution in [2.75, 3.05) is 38.2 Å². The number of aromatic nitrogens is 2. The molecule has 2 aromatic carbocycles. The van der Waals surface area contributed by atoms with Crippen molar-refractivity contribution in [3.63, 3.8) is 0 Å². The second-order valence-electron chi connectivity index (χ2n) is 7.73. The van der Waals surface area contributed by atoms with Gasteiger partial charge in [-0.1, -0.05) is 35.9 Å². The summed E-state index contributed by atoms with van der Waals surface area (Å²) in [5, 5.41) is 4.39. The lowest BCUT2D eigenvalue weighted by atomic mass is 10.1. The molecule has 0 saturated carbocycles. The summed E-state index contributed by atoms with van der Waals surface area (Å²) in [7, 11) is 1.42. The van der Waals surface area contributed by atoms with E-state index >= 15 is 0 Å². The molecule has 2 heterocycles. The molecule has 3 aromatic rings. The summed E-state index contributed by atoms with van der Waals surface area (Å²) in [6, 6.07) is 13.8. The molecule has 1 saturated heterocycles. The van der Waals surface area contributed by atoms with E-state index in [1.54, 1.807) is 35.4 Å². The van der Waals surface area contributed by atoms with Gasteiger partial charge in [0.25, 0.3) is 5.56 Å². The Balaban J connectivity index is 1.36. The number of hydrogen-bond donors (Lipinski definition) is 0. The number of hydrogen-bond acceptors (Lipinski definition) is 5. The minimum Gasteiger partial charge on any atom is -0.494 e. The van der Waals surface area contributed by atoms with Gasteiger partial charge >= 0.3 is 0 Å². The molecule has 1 amide bonds. The minimum absolute atomic E-state index is 0.00888. The molecule has 0 unspecified atom stereocenters. The predicted octanol–water partition coefficient (Wildman–Crippen LogP) is 3.32. The van der Waals surface area contributed by atoms with Crippen LogP contribution in [0.2, 0.25) is 5.02 Å². The van der Waals surface area contributed by atoms with Crippen LogP contribution in [-0.2, 0) is 11.2 Å². The molecule has 0 atom stereocenters. The molecule has 1 fully saturated rings. The third-order valence-electron chi connectivity index (χ3n) is 5.72. The van der Waals surface area contributed by atoms with Gasteiger partial charge in [-0.3, -0.25) is 9.59 Å². The minimum atomic E-state index is -0.434. The van der Waals surface area contributed by atoms with Crippen LogP contribution in [0.4, 0.5) is 10.1 Å². The number of ether oxygens (including phenoxy) is 1. The molecule has 0 aliphatic carbocycles. The van der Waals surface area contributed by atoms with Crippen molar-refractivity contribution >= 4 is 23.2 Å². The first-order valence-electron chi connectivity index (χ1n) is 10.7. The summed E-state index contributed by atoms with van der Waals surface area (Å²) < 4.78 is 20.0. The Morgan fingerprint density at radius 2 is 1.85 bits per heavy atom. The SMILES string of the molecule is COc1ccc(CCC(=O)N2CCN(c3cnn(-c4ccccc4)c(=O)c3Cl)CC2)cc1F. The van der Waals surface area contributed by atoms with Gasteiger partial charge in [0, 0.05) is 32.6 Å². The topological polar surface area (TPSA) is 67.7 Å². The zero-order valence-corrected chi connectivity index (χ0v) is 19.0. The van der Waals surface area contributed by atoms with Crippen molar-refractivity contribution in [1.82, 2.24) is 14.7 Å². The van der Waals surface area contributed by atoms with Crippen LogP contribution in [-0.4, -0.2) is 53.9 Å². The molecule has 0 bridgehead atoms. The first kappa shape index (κ1) is 22.8. The molecule has 1 aliphatic heterocycles. The molecule has 172 valence electrons. The maximum absolute atomic E-state index is 13.9. The zero-order chi connectivity index (χ0) is 23.4. The third kappa shape index (κ3) is 5.01. The van der Waals surface area contributed by atoms with Crippen molar-refractivity contribution in [3.05, 3.63) is 81.5 Å². The Kier molecular flexibility index (Phi) is 6.93. The fourth-order valence-corrected chi connectivity index (χ4v) is 4.12. The van der Waals surface area contributed by atoms with Crippen LogP contribution in [0.1, 0.15) is 12.0 Å². The van der Waals surface area contributed by atoms with Gasteiger partial charge in [-0.2, -0.15) is 9.78 Å².